The third kappa shape index (κ3) is 2.50. The topological polar surface area (TPSA) is 83.6 Å². The molecule has 1 saturated carbocycles. The van der Waals surface area contributed by atoms with Gasteiger partial charge in [0.2, 0.25) is 0 Å². The van der Waals surface area contributed by atoms with Crippen molar-refractivity contribution in [1.82, 2.24) is 10.1 Å². The van der Waals surface area contributed by atoms with Gasteiger partial charge in [-0.2, -0.15) is 0 Å². The number of amides is 1. The van der Waals surface area contributed by atoms with Gasteiger partial charge in [0.05, 0.1) is 5.56 Å². The van der Waals surface area contributed by atoms with Crippen LogP contribution in [0.5, 0.6) is 0 Å². The lowest BCUT2D eigenvalue weighted by Gasteiger charge is -2.29. The molecule has 6 nitrogen and oxygen atoms in total. The van der Waals surface area contributed by atoms with Crippen LogP contribution >= 0.6 is 0 Å². The normalized spacial score (nSPS) is 17.0. The Hall–Kier alpha value is -2.63. The third-order valence-corrected chi connectivity index (χ3v) is 4.52. The molecule has 1 amide bonds. The van der Waals surface area contributed by atoms with Crippen LogP contribution in [0, 0.1) is 0 Å². The zero-order valence-electron chi connectivity index (χ0n) is 12.5. The van der Waals surface area contributed by atoms with E-state index in [1.54, 1.807) is 23.1 Å². The van der Waals surface area contributed by atoms with E-state index >= 15 is 0 Å². The van der Waals surface area contributed by atoms with Crippen LogP contribution in [0.3, 0.4) is 0 Å². The summed E-state index contributed by atoms with van der Waals surface area (Å²) < 4.78 is 5.24. The first kappa shape index (κ1) is 14.0. The predicted octanol–water partition coefficient (Wildman–Crippen LogP) is 2.45. The van der Waals surface area contributed by atoms with Gasteiger partial charge in [0, 0.05) is 25.1 Å². The first-order chi connectivity index (χ1) is 11.1. The number of aromatic nitrogens is 1. The quantitative estimate of drug-likeness (QED) is 0.941. The van der Waals surface area contributed by atoms with Gasteiger partial charge in [-0.05, 0) is 36.5 Å². The van der Waals surface area contributed by atoms with Gasteiger partial charge < -0.3 is 14.5 Å². The average Bonchev–Trinajstić information content (AvgIpc) is 3.30. The van der Waals surface area contributed by atoms with Crippen molar-refractivity contribution in [1.29, 1.82) is 0 Å². The summed E-state index contributed by atoms with van der Waals surface area (Å²) in [5, 5.41) is 13.2. The molecule has 0 radical (unpaired) electrons. The third-order valence-electron chi connectivity index (χ3n) is 4.52. The Morgan fingerprint density at radius 2 is 2.13 bits per heavy atom. The minimum Gasteiger partial charge on any atom is -0.478 e. The number of aromatic carboxylic acids is 1. The largest absolute Gasteiger partial charge is 0.478 e. The van der Waals surface area contributed by atoms with Gasteiger partial charge in [0.15, 0.2) is 5.69 Å². The first-order valence-corrected chi connectivity index (χ1v) is 7.73. The van der Waals surface area contributed by atoms with Crippen molar-refractivity contribution >= 4 is 11.9 Å². The fraction of sp³-hybridized carbons (Fsp3) is 0.353. The van der Waals surface area contributed by atoms with Crippen LogP contribution in [-0.4, -0.2) is 33.6 Å². The van der Waals surface area contributed by atoms with Gasteiger partial charge in [0.25, 0.3) is 5.91 Å². The maximum absolute atomic E-state index is 12.6. The second kappa shape index (κ2) is 5.22. The minimum absolute atomic E-state index is 0.202. The lowest BCUT2D eigenvalue weighted by Crippen LogP contribution is -2.37. The molecule has 2 aromatic rings. The predicted molar refractivity (Wildman–Crippen MR) is 80.3 cm³/mol. The summed E-state index contributed by atoms with van der Waals surface area (Å²) in [6, 6.07) is 6.97. The van der Waals surface area contributed by atoms with Gasteiger partial charge in [0.1, 0.15) is 5.76 Å². The van der Waals surface area contributed by atoms with Crippen molar-refractivity contribution in [2.45, 2.75) is 31.7 Å². The SMILES string of the molecule is O=C(O)c1cccc2c1CN(C(=O)c1cc(C3CC3)on1)CC2. The summed E-state index contributed by atoms with van der Waals surface area (Å²) in [5.74, 6) is 0.0156. The van der Waals surface area contributed by atoms with Gasteiger partial charge >= 0.3 is 5.97 Å². The molecule has 1 N–H and O–H groups in total. The summed E-state index contributed by atoms with van der Waals surface area (Å²) in [4.78, 5) is 25.6. The van der Waals surface area contributed by atoms with Gasteiger partial charge in [-0.15, -0.1) is 0 Å². The Kier molecular flexibility index (Phi) is 3.18. The lowest BCUT2D eigenvalue weighted by atomic mass is 9.94. The van der Waals surface area contributed by atoms with Crippen molar-refractivity contribution in [2.24, 2.45) is 0 Å². The monoisotopic (exact) mass is 312 g/mol. The second-order valence-corrected chi connectivity index (χ2v) is 6.11. The summed E-state index contributed by atoms with van der Waals surface area (Å²) >= 11 is 0. The molecule has 118 valence electrons. The number of carboxylic acid groups (broad SMARTS) is 1. The van der Waals surface area contributed by atoms with E-state index in [1.165, 1.54) is 0 Å². The maximum atomic E-state index is 12.6. The van der Waals surface area contributed by atoms with E-state index in [0.717, 1.165) is 24.2 Å². The van der Waals surface area contributed by atoms with Crippen LogP contribution in [0.1, 0.15) is 56.5 Å². The number of hydrogen-bond acceptors (Lipinski definition) is 4. The highest BCUT2D eigenvalue weighted by Gasteiger charge is 2.31. The van der Waals surface area contributed by atoms with Crippen LogP contribution in [0.2, 0.25) is 0 Å². The van der Waals surface area contributed by atoms with Crippen molar-refractivity contribution in [3.05, 3.63) is 52.4 Å². The first-order valence-electron chi connectivity index (χ1n) is 7.73. The molecule has 23 heavy (non-hydrogen) atoms. The summed E-state index contributed by atoms with van der Waals surface area (Å²) in [6.07, 6.45) is 2.82. The Morgan fingerprint density at radius 1 is 1.30 bits per heavy atom. The van der Waals surface area contributed by atoms with Crippen LogP contribution < -0.4 is 0 Å². The van der Waals surface area contributed by atoms with Crippen molar-refractivity contribution in [3.8, 4) is 0 Å². The molecule has 1 fully saturated rings. The van der Waals surface area contributed by atoms with Gasteiger partial charge in [-0.1, -0.05) is 17.3 Å². The molecule has 0 bridgehead atoms. The van der Waals surface area contributed by atoms with Crippen molar-refractivity contribution in [2.75, 3.05) is 6.54 Å². The van der Waals surface area contributed by atoms with E-state index in [1.807, 2.05) is 6.07 Å². The molecule has 2 aliphatic rings. The van der Waals surface area contributed by atoms with Crippen LogP contribution in [0.15, 0.2) is 28.8 Å². The number of carbonyl (C=O) groups excluding carboxylic acids is 1. The van der Waals surface area contributed by atoms with E-state index in [2.05, 4.69) is 5.16 Å². The molecule has 0 saturated heterocycles. The van der Waals surface area contributed by atoms with Crippen LogP contribution in [0.25, 0.3) is 0 Å². The molecule has 1 aliphatic heterocycles. The molecule has 4 rings (SSSR count). The maximum Gasteiger partial charge on any atom is 0.336 e. The van der Waals surface area contributed by atoms with E-state index in [4.69, 9.17) is 4.52 Å². The highest BCUT2D eigenvalue weighted by atomic mass is 16.5. The molecule has 6 heteroatoms. The van der Waals surface area contributed by atoms with E-state index in [-0.39, 0.29) is 11.5 Å². The highest BCUT2D eigenvalue weighted by Crippen LogP contribution is 2.40. The molecule has 2 heterocycles. The molecule has 1 aromatic carbocycles. The Labute approximate surface area is 132 Å². The lowest BCUT2D eigenvalue weighted by molar-refractivity contribution is 0.0674. The van der Waals surface area contributed by atoms with Crippen molar-refractivity contribution < 1.29 is 19.2 Å². The van der Waals surface area contributed by atoms with Crippen molar-refractivity contribution in [3.63, 3.8) is 0 Å². The Bertz CT molecular complexity index is 792. The average molecular weight is 312 g/mol. The number of benzene rings is 1. The summed E-state index contributed by atoms with van der Waals surface area (Å²) in [6.45, 7) is 0.850. The van der Waals surface area contributed by atoms with Gasteiger partial charge in [-0.25, -0.2) is 4.79 Å². The fourth-order valence-corrected chi connectivity index (χ4v) is 3.07. The minimum atomic E-state index is -0.964. The molecular formula is C17H16N2O4. The number of hydrogen-bond donors (Lipinski definition) is 1. The standard InChI is InChI=1S/C17H16N2O4/c20-16(14-8-15(23-18-14)11-4-5-11)19-7-6-10-2-1-3-12(17(21)22)13(10)9-19/h1-3,8,11H,4-7,9H2,(H,21,22). The number of carboxylic acids is 1. The molecule has 1 aromatic heterocycles. The van der Waals surface area contributed by atoms with E-state index in [0.29, 0.717) is 36.7 Å². The fourth-order valence-electron chi connectivity index (χ4n) is 3.07. The molecule has 0 atom stereocenters. The Morgan fingerprint density at radius 3 is 2.87 bits per heavy atom. The van der Waals surface area contributed by atoms with Crippen LogP contribution in [0.4, 0.5) is 0 Å². The molecule has 0 unspecified atom stereocenters. The number of fused-ring (bicyclic) bond motifs is 1. The summed E-state index contributed by atoms with van der Waals surface area (Å²) in [5.41, 5.74) is 2.28. The second-order valence-electron chi connectivity index (χ2n) is 6.11. The molecular weight excluding hydrogens is 296 g/mol. The number of nitrogens with zero attached hydrogens (tertiary/aromatic N) is 2. The van der Waals surface area contributed by atoms with Crippen LogP contribution in [-0.2, 0) is 13.0 Å². The summed E-state index contributed by atoms with van der Waals surface area (Å²) in [7, 11) is 0. The van der Waals surface area contributed by atoms with Gasteiger partial charge in [-0.3, -0.25) is 4.79 Å². The number of carbonyl (C=O) groups is 2. The van der Waals surface area contributed by atoms with E-state index < -0.39 is 5.97 Å². The Balaban J connectivity index is 1.59. The highest BCUT2D eigenvalue weighted by molar-refractivity contribution is 5.93. The molecule has 1 aliphatic carbocycles. The molecule has 0 spiro atoms. The number of rotatable bonds is 3. The zero-order chi connectivity index (χ0) is 16.0. The zero-order valence-corrected chi connectivity index (χ0v) is 12.5. The van der Waals surface area contributed by atoms with E-state index in [9.17, 15) is 14.7 Å². The smallest absolute Gasteiger partial charge is 0.336 e.